The number of carbonyl (C=O) groups is 1. The first kappa shape index (κ1) is 16.7. The number of ether oxygens (including phenoxy) is 2. The molecule has 0 amide bonds. The zero-order valence-corrected chi connectivity index (χ0v) is 10.5. The average molecular weight is 309 g/mol. The van der Waals surface area contributed by atoms with Gasteiger partial charge in [-0.25, -0.2) is 13.6 Å². The first-order valence-electron chi connectivity index (χ1n) is 5.49. The number of nitrogens with zero attached hydrogens (tertiary/aromatic N) is 1. The van der Waals surface area contributed by atoms with Crippen LogP contribution in [0.2, 0.25) is 0 Å². The van der Waals surface area contributed by atoms with Crippen LogP contribution in [0.3, 0.4) is 0 Å². The Kier molecular flexibility index (Phi) is 5.07. The van der Waals surface area contributed by atoms with Gasteiger partial charge in [-0.05, 0) is 13.0 Å². The zero-order valence-electron chi connectivity index (χ0n) is 10.5. The van der Waals surface area contributed by atoms with Gasteiger partial charge in [0, 0.05) is 5.56 Å². The van der Waals surface area contributed by atoms with Crippen LogP contribution in [0.5, 0.6) is 5.75 Å². The fourth-order valence-corrected chi connectivity index (χ4v) is 1.50. The lowest BCUT2D eigenvalue weighted by atomic mass is 10.0. The van der Waals surface area contributed by atoms with Crippen LogP contribution in [0.15, 0.2) is 12.1 Å². The van der Waals surface area contributed by atoms with Crippen molar-refractivity contribution in [2.24, 2.45) is 0 Å². The Morgan fingerprint density at radius 2 is 2.00 bits per heavy atom. The van der Waals surface area contributed by atoms with Gasteiger partial charge >= 0.3 is 12.3 Å². The van der Waals surface area contributed by atoms with Gasteiger partial charge in [-0.1, -0.05) is 6.07 Å². The molecule has 0 radical (unpaired) electrons. The molecule has 0 saturated carbocycles. The van der Waals surface area contributed by atoms with Gasteiger partial charge in [0.25, 0.3) is 6.43 Å². The normalized spacial score (nSPS) is 11.1. The highest BCUT2D eigenvalue weighted by molar-refractivity contribution is 5.95. The van der Waals surface area contributed by atoms with E-state index < -0.39 is 41.2 Å². The second-order valence-electron chi connectivity index (χ2n) is 3.59. The Labute approximate surface area is 115 Å². The first-order valence-corrected chi connectivity index (χ1v) is 5.49. The molecule has 21 heavy (non-hydrogen) atoms. The van der Waals surface area contributed by atoms with Crippen molar-refractivity contribution in [2.75, 3.05) is 6.61 Å². The molecule has 0 heterocycles. The van der Waals surface area contributed by atoms with E-state index in [0.717, 1.165) is 0 Å². The molecule has 1 aromatic rings. The lowest BCUT2D eigenvalue weighted by Gasteiger charge is -2.16. The second kappa shape index (κ2) is 6.39. The molecule has 114 valence electrons. The highest BCUT2D eigenvalue weighted by Gasteiger charge is 2.36. The highest BCUT2D eigenvalue weighted by atomic mass is 19.4. The van der Waals surface area contributed by atoms with E-state index in [1.807, 2.05) is 0 Å². The summed E-state index contributed by atoms with van der Waals surface area (Å²) >= 11 is 0. The van der Waals surface area contributed by atoms with Gasteiger partial charge in [-0.15, -0.1) is 13.2 Å². The van der Waals surface area contributed by atoms with E-state index in [-0.39, 0.29) is 6.61 Å². The summed E-state index contributed by atoms with van der Waals surface area (Å²) in [5.74, 6) is -2.72. The van der Waals surface area contributed by atoms with Crippen LogP contribution in [-0.4, -0.2) is 18.9 Å². The van der Waals surface area contributed by atoms with Crippen molar-refractivity contribution < 1.29 is 36.2 Å². The van der Waals surface area contributed by atoms with E-state index in [1.165, 1.54) is 13.0 Å². The van der Waals surface area contributed by atoms with Crippen LogP contribution >= 0.6 is 0 Å². The minimum Gasteiger partial charge on any atom is -0.462 e. The van der Waals surface area contributed by atoms with E-state index >= 15 is 0 Å². The van der Waals surface area contributed by atoms with E-state index in [2.05, 4.69) is 9.47 Å². The van der Waals surface area contributed by atoms with Crippen LogP contribution in [0, 0.1) is 11.3 Å². The average Bonchev–Trinajstić information content (AvgIpc) is 2.36. The monoisotopic (exact) mass is 309 g/mol. The lowest BCUT2D eigenvalue weighted by molar-refractivity contribution is -0.274. The maximum absolute atomic E-state index is 12.8. The maximum Gasteiger partial charge on any atom is 0.573 e. The minimum atomic E-state index is -5.26. The van der Waals surface area contributed by atoms with Crippen molar-refractivity contribution in [3.63, 3.8) is 0 Å². The van der Waals surface area contributed by atoms with Crippen LogP contribution in [0.25, 0.3) is 0 Å². The van der Waals surface area contributed by atoms with Crippen LogP contribution in [-0.2, 0) is 4.74 Å². The van der Waals surface area contributed by atoms with Gasteiger partial charge in [0.05, 0.1) is 12.2 Å². The summed E-state index contributed by atoms with van der Waals surface area (Å²) in [7, 11) is 0. The van der Waals surface area contributed by atoms with Gasteiger partial charge in [0.2, 0.25) is 0 Å². The third kappa shape index (κ3) is 4.05. The summed E-state index contributed by atoms with van der Waals surface area (Å²) in [5.41, 5.74) is -2.82. The number of alkyl halides is 5. The lowest BCUT2D eigenvalue weighted by Crippen LogP contribution is -2.21. The Morgan fingerprint density at radius 3 is 2.43 bits per heavy atom. The third-order valence-electron chi connectivity index (χ3n) is 2.24. The Balaban J connectivity index is 3.58. The molecule has 0 aliphatic rings. The quantitative estimate of drug-likeness (QED) is 0.630. The molecule has 0 fully saturated rings. The van der Waals surface area contributed by atoms with Gasteiger partial charge in [-0.3, -0.25) is 0 Å². The third-order valence-corrected chi connectivity index (χ3v) is 2.24. The number of benzene rings is 1. The SMILES string of the molecule is CCOC(=O)c1c(C(F)F)ccc(C#N)c1OC(F)(F)F. The second-order valence-corrected chi connectivity index (χ2v) is 3.59. The number of esters is 1. The molecule has 1 rings (SSSR count). The molecular formula is C12H8F5NO3. The van der Waals surface area contributed by atoms with E-state index in [4.69, 9.17) is 5.26 Å². The predicted molar refractivity (Wildman–Crippen MR) is 58.8 cm³/mol. The van der Waals surface area contributed by atoms with E-state index in [0.29, 0.717) is 12.1 Å². The standard InChI is InChI=1S/C12H8F5NO3/c1-2-20-11(19)8-7(10(13)14)4-3-6(5-18)9(8)21-12(15,16)17/h3-4,10H,2H2,1H3. The van der Waals surface area contributed by atoms with E-state index in [1.54, 1.807) is 0 Å². The Bertz CT molecular complexity index is 577. The van der Waals surface area contributed by atoms with Crippen molar-refractivity contribution in [1.82, 2.24) is 0 Å². The molecule has 4 nitrogen and oxygen atoms in total. The summed E-state index contributed by atoms with van der Waals surface area (Å²) in [6, 6.07) is 2.74. The maximum atomic E-state index is 12.8. The summed E-state index contributed by atoms with van der Waals surface area (Å²) in [6.45, 7) is 1.10. The molecule has 1 aromatic carbocycles. The summed E-state index contributed by atoms with van der Waals surface area (Å²) in [6.07, 6.45) is -8.50. The predicted octanol–water partition coefficient (Wildman–Crippen LogP) is 3.57. The molecule has 0 saturated heterocycles. The van der Waals surface area contributed by atoms with E-state index in [9.17, 15) is 26.7 Å². The minimum absolute atomic E-state index is 0.246. The van der Waals surface area contributed by atoms with Crippen molar-refractivity contribution >= 4 is 5.97 Å². The number of rotatable bonds is 4. The summed E-state index contributed by atoms with van der Waals surface area (Å²) < 4.78 is 70.7. The van der Waals surface area contributed by atoms with Crippen LogP contribution < -0.4 is 4.74 Å². The van der Waals surface area contributed by atoms with Gasteiger partial charge in [-0.2, -0.15) is 5.26 Å². The number of carbonyl (C=O) groups excluding carboxylic acids is 1. The number of hydrogen-bond donors (Lipinski definition) is 0. The van der Waals surface area contributed by atoms with Gasteiger partial charge in [0.1, 0.15) is 11.6 Å². The Hall–Kier alpha value is -2.37. The molecule has 9 heteroatoms. The first-order chi connectivity index (χ1) is 9.71. The molecule has 0 aliphatic carbocycles. The van der Waals surface area contributed by atoms with Crippen molar-refractivity contribution in [2.45, 2.75) is 19.7 Å². The summed E-state index contributed by atoms with van der Waals surface area (Å²) in [4.78, 5) is 11.6. The molecule has 0 atom stereocenters. The number of hydrogen-bond acceptors (Lipinski definition) is 4. The molecule has 0 spiro atoms. The molecule has 0 bridgehead atoms. The summed E-state index contributed by atoms with van der Waals surface area (Å²) in [5, 5.41) is 8.74. The van der Waals surface area contributed by atoms with Gasteiger partial charge in [0.15, 0.2) is 5.75 Å². The molecular weight excluding hydrogens is 301 g/mol. The van der Waals surface area contributed by atoms with Crippen molar-refractivity contribution in [3.05, 3.63) is 28.8 Å². The van der Waals surface area contributed by atoms with Crippen LogP contribution in [0.4, 0.5) is 22.0 Å². The Morgan fingerprint density at radius 1 is 1.38 bits per heavy atom. The zero-order chi connectivity index (χ0) is 16.2. The van der Waals surface area contributed by atoms with Crippen LogP contribution in [0.1, 0.15) is 34.8 Å². The highest BCUT2D eigenvalue weighted by Crippen LogP contribution is 2.36. The van der Waals surface area contributed by atoms with Crippen molar-refractivity contribution in [3.8, 4) is 11.8 Å². The molecule has 0 aliphatic heterocycles. The molecule has 0 aromatic heterocycles. The largest absolute Gasteiger partial charge is 0.573 e. The fourth-order valence-electron chi connectivity index (χ4n) is 1.50. The smallest absolute Gasteiger partial charge is 0.462 e. The number of nitriles is 1. The van der Waals surface area contributed by atoms with Crippen molar-refractivity contribution in [1.29, 1.82) is 5.26 Å². The fraction of sp³-hybridized carbons (Fsp3) is 0.333. The molecule has 0 N–H and O–H groups in total. The topological polar surface area (TPSA) is 59.3 Å². The number of halogens is 5. The molecule has 0 unspecified atom stereocenters. The van der Waals surface area contributed by atoms with Gasteiger partial charge < -0.3 is 9.47 Å².